The summed E-state index contributed by atoms with van der Waals surface area (Å²) in [5.74, 6) is 0. The lowest BCUT2D eigenvalue weighted by atomic mass is 10.2. The number of nitrogens with one attached hydrogen (secondary N) is 1. The van der Waals surface area contributed by atoms with E-state index in [1.807, 2.05) is 0 Å². The maximum atomic E-state index is 5.45. The second kappa shape index (κ2) is 11.8. The molecule has 2 saturated heterocycles. The molecule has 2 aliphatic rings. The second-order valence-corrected chi connectivity index (χ2v) is 8.21. The van der Waals surface area contributed by atoms with Crippen LogP contribution in [0.25, 0.3) is 0 Å². The molecule has 0 amide bonds. The van der Waals surface area contributed by atoms with Gasteiger partial charge in [0.05, 0.1) is 0 Å². The topological polar surface area (TPSA) is 44.5 Å². The van der Waals surface area contributed by atoms with Crippen LogP contribution in [0.2, 0.25) is 0 Å². The van der Waals surface area contributed by atoms with Crippen LogP contribution < -0.4 is 20.9 Å². The van der Waals surface area contributed by atoms with E-state index in [1.54, 1.807) is 0 Å². The summed E-state index contributed by atoms with van der Waals surface area (Å²) in [6.45, 7) is 9.76. The summed E-state index contributed by atoms with van der Waals surface area (Å²) >= 11 is 0. The zero-order chi connectivity index (χ0) is 20.3. The van der Waals surface area contributed by atoms with Gasteiger partial charge < -0.3 is 20.9 Å². The number of hydrogen-bond donors (Lipinski definition) is 2. The van der Waals surface area contributed by atoms with Crippen molar-refractivity contribution in [1.29, 1.82) is 0 Å². The number of anilines is 2. The van der Waals surface area contributed by atoms with Gasteiger partial charge in [-0.1, -0.05) is 29.8 Å². The molecule has 2 fully saturated rings. The van der Waals surface area contributed by atoms with Crippen LogP contribution in [-0.4, -0.2) is 39.3 Å². The highest BCUT2D eigenvalue weighted by Crippen LogP contribution is 2.21. The summed E-state index contributed by atoms with van der Waals surface area (Å²) in [5.41, 5.74) is 10.9. The van der Waals surface area contributed by atoms with Crippen molar-refractivity contribution in [3.63, 3.8) is 0 Å². The van der Waals surface area contributed by atoms with Gasteiger partial charge in [-0.15, -0.1) is 0 Å². The third-order valence-corrected chi connectivity index (χ3v) is 5.80. The molecule has 0 radical (unpaired) electrons. The molecule has 158 valence electrons. The van der Waals surface area contributed by atoms with Gasteiger partial charge in [0, 0.05) is 44.1 Å². The van der Waals surface area contributed by atoms with Crippen molar-refractivity contribution in [3.8, 4) is 0 Å². The summed E-state index contributed by atoms with van der Waals surface area (Å²) in [4.78, 5) is 4.92. The molecule has 0 saturated carbocycles. The quantitative estimate of drug-likeness (QED) is 0.687. The first kappa shape index (κ1) is 21.7. The molecule has 0 atom stereocenters. The van der Waals surface area contributed by atoms with E-state index in [2.05, 4.69) is 70.6 Å². The van der Waals surface area contributed by atoms with Crippen molar-refractivity contribution in [2.45, 2.75) is 45.6 Å². The molecule has 0 bridgehead atoms. The van der Waals surface area contributed by atoms with Gasteiger partial charge in [-0.3, -0.25) is 0 Å². The van der Waals surface area contributed by atoms with Crippen molar-refractivity contribution in [1.82, 2.24) is 5.32 Å². The molecule has 0 aromatic heterocycles. The van der Waals surface area contributed by atoms with Crippen LogP contribution in [0.5, 0.6) is 0 Å². The molecule has 0 aliphatic carbocycles. The molecule has 4 rings (SSSR count). The van der Waals surface area contributed by atoms with Gasteiger partial charge in [-0.25, -0.2) is 0 Å². The van der Waals surface area contributed by atoms with Crippen LogP contribution in [0.15, 0.2) is 48.5 Å². The molecule has 0 spiro atoms. The molecule has 0 unspecified atom stereocenters. The Morgan fingerprint density at radius 1 is 0.759 bits per heavy atom. The van der Waals surface area contributed by atoms with Crippen molar-refractivity contribution < 1.29 is 0 Å². The first-order chi connectivity index (χ1) is 14.3. The first-order valence-electron chi connectivity index (χ1n) is 11.3. The minimum absolute atomic E-state index is 0.765. The standard InChI is InChI=1S/C14H23N3.C11H15N/c15-8-3-9-16-12-13-4-6-14(7-5-13)17-10-1-2-11-17;1-10-4-6-11(7-5-10)12-8-2-3-9-12/h4-7,16H,1-3,8-12,15H2;4-7H,2-3,8-9H2,1H3. The Kier molecular flexibility index (Phi) is 8.84. The lowest BCUT2D eigenvalue weighted by molar-refractivity contribution is 0.655. The average molecular weight is 395 g/mol. The number of benzene rings is 2. The van der Waals surface area contributed by atoms with E-state index in [4.69, 9.17) is 5.73 Å². The lowest BCUT2D eigenvalue weighted by Crippen LogP contribution is -2.19. The van der Waals surface area contributed by atoms with Crippen LogP contribution in [0.4, 0.5) is 11.4 Å². The van der Waals surface area contributed by atoms with Gasteiger partial charge in [0.2, 0.25) is 0 Å². The predicted molar refractivity (Wildman–Crippen MR) is 126 cm³/mol. The molecule has 4 nitrogen and oxygen atoms in total. The minimum Gasteiger partial charge on any atom is -0.372 e. The van der Waals surface area contributed by atoms with Crippen LogP contribution in [0.1, 0.15) is 43.2 Å². The zero-order valence-electron chi connectivity index (χ0n) is 18.1. The Labute approximate surface area is 177 Å². The van der Waals surface area contributed by atoms with Gasteiger partial charge in [0.1, 0.15) is 0 Å². The summed E-state index contributed by atoms with van der Waals surface area (Å²) in [5, 5.41) is 3.40. The van der Waals surface area contributed by atoms with E-state index in [-0.39, 0.29) is 0 Å². The number of hydrogen-bond acceptors (Lipinski definition) is 4. The number of aryl methyl sites for hydroxylation is 1. The molecule has 3 N–H and O–H groups in total. The fraction of sp³-hybridized carbons (Fsp3) is 0.520. The van der Waals surface area contributed by atoms with E-state index in [9.17, 15) is 0 Å². The van der Waals surface area contributed by atoms with Gasteiger partial charge in [0.25, 0.3) is 0 Å². The second-order valence-electron chi connectivity index (χ2n) is 8.21. The Bertz CT molecular complexity index is 684. The van der Waals surface area contributed by atoms with Gasteiger partial charge in [-0.05, 0) is 81.9 Å². The summed E-state index contributed by atoms with van der Waals surface area (Å²) in [6, 6.07) is 17.8. The highest BCUT2D eigenvalue weighted by atomic mass is 15.1. The Balaban J connectivity index is 0.000000176. The molecule has 2 aromatic carbocycles. The molecule has 4 heteroatoms. The van der Waals surface area contributed by atoms with Crippen molar-refractivity contribution in [2.24, 2.45) is 5.73 Å². The highest BCUT2D eigenvalue weighted by molar-refractivity contribution is 5.49. The lowest BCUT2D eigenvalue weighted by Gasteiger charge is -2.17. The van der Waals surface area contributed by atoms with Crippen LogP contribution >= 0.6 is 0 Å². The third kappa shape index (κ3) is 7.06. The smallest absolute Gasteiger partial charge is 0.0366 e. The molecule has 2 heterocycles. The van der Waals surface area contributed by atoms with Gasteiger partial charge in [-0.2, -0.15) is 0 Å². The Hall–Kier alpha value is -2.04. The fourth-order valence-electron chi connectivity index (χ4n) is 3.99. The molecular formula is C25H38N4. The van der Waals surface area contributed by atoms with Crippen molar-refractivity contribution >= 4 is 11.4 Å². The Morgan fingerprint density at radius 3 is 1.72 bits per heavy atom. The summed E-state index contributed by atoms with van der Waals surface area (Å²) < 4.78 is 0. The minimum atomic E-state index is 0.765. The fourth-order valence-corrected chi connectivity index (χ4v) is 3.99. The maximum absolute atomic E-state index is 5.45. The largest absolute Gasteiger partial charge is 0.372 e. The Morgan fingerprint density at radius 2 is 1.24 bits per heavy atom. The summed E-state index contributed by atoms with van der Waals surface area (Å²) in [7, 11) is 0. The van der Waals surface area contributed by atoms with E-state index in [1.165, 1.54) is 74.4 Å². The first-order valence-corrected chi connectivity index (χ1v) is 11.3. The van der Waals surface area contributed by atoms with Crippen LogP contribution in [0.3, 0.4) is 0 Å². The van der Waals surface area contributed by atoms with Gasteiger partial charge >= 0.3 is 0 Å². The number of rotatable bonds is 7. The maximum Gasteiger partial charge on any atom is 0.0366 e. The average Bonchev–Trinajstić information content (AvgIpc) is 3.47. The summed E-state index contributed by atoms with van der Waals surface area (Å²) in [6.07, 6.45) is 6.43. The van der Waals surface area contributed by atoms with E-state index >= 15 is 0 Å². The molecule has 2 aliphatic heterocycles. The zero-order valence-corrected chi connectivity index (χ0v) is 18.1. The van der Waals surface area contributed by atoms with E-state index in [0.717, 1.165) is 26.1 Å². The molecule has 29 heavy (non-hydrogen) atoms. The van der Waals surface area contributed by atoms with E-state index < -0.39 is 0 Å². The number of nitrogens with two attached hydrogens (primary N) is 1. The van der Waals surface area contributed by atoms with Gasteiger partial charge in [0.15, 0.2) is 0 Å². The predicted octanol–water partition coefficient (Wildman–Crippen LogP) is 4.32. The molecular weight excluding hydrogens is 356 g/mol. The third-order valence-electron chi connectivity index (χ3n) is 5.80. The van der Waals surface area contributed by atoms with E-state index in [0.29, 0.717) is 0 Å². The van der Waals surface area contributed by atoms with Crippen molar-refractivity contribution in [3.05, 3.63) is 59.7 Å². The monoisotopic (exact) mass is 394 g/mol. The van der Waals surface area contributed by atoms with Crippen molar-refractivity contribution in [2.75, 3.05) is 49.1 Å². The SMILES string of the molecule is Cc1ccc(N2CCCC2)cc1.NCCCNCc1ccc(N2CCCC2)cc1. The number of nitrogens with zero attached hydrogens (tertiary/aromatic N) is 2. The van der Waals surface area contributed by atoms with Crippen LogP contribution in [-0.2, 0) is 6.54 Å². The highest BCUT2D eigenvalue weighted by Gasteiger charge is 2.12. The normalized spacial score (nSPS) is 16.1. The molecule has 2 aromatic rings. The van der Waals surface area contributed by atoms with Crippen LogP contribution in [0, 0.1) is 6.92 Å².